The van der Waals surface area contributed by atoms with E-state index in [0.717, 1.165) is 25.8 Å². The predicted octanol–water partition coefficient (Wildman–Crippen LogP) is 1.05. The first kappa shape index (κ1) is 13.3. The van der Waals surface area contributed by atoms with E-state index in [2.05, 4.69) is 19.2 Å². The van der Waals surface area contributed by atoms with Gasteiger partial charge in [0.05, 0.1) is 5.25 Å². The second kappa shape index (κ2) is 5.24. The van der Waals surface area contributed by atoms with Crippen LogP contribution in [0.1, 0.15) is 33.1 Å². The summed E-state index contributed by atoms with van der Waals surface area (Å²) in [5.41, 5.74) is 0. The first-order chi connectivity index (χ1) is 8.00. The van der Waals surface area contributed by atoms with E-state index in [9.17, 15) is 8.42 Å². The van der Waals surface area contributed by atoms with Crippen molar-refractivity contribution in [2.75, 3.05) is 26.2 Å². The molecule has 4 nitrogen and oxygen atoms in total. The molecule has 0 amide bonds. The van der Waals surface area contributed by atoms with Gasteiger partial charge in [-0.1, -0.05) is 13.8 Å². The Hall–Kier alpha value is -0.130. The Morgan fingerprint density at radius 3 is 2.35 bits per heavy atom. The van der Waals surface area contributed by atoms with E-state index in [1.807, 2.05) is 0 Å². The maximum absolute atomic E-state index is 12.5. The van der Waals surface area contributed by atoms with Crippen LogP contribution in [-0.2, 0) is 10.0 Å². The van der Waals surface area contributed by atoms with Gasteiger partial charge in [-0.15, -0.1) is 0 Å². The topological polar surface area (TPSA) is 49.4 Å². The van der Waals surface area contributed by atoms with Crippen LogP contribution in [0.3, 0.4) is 0 Å². The van der Waals surface area contributed by atoms with Crippen molar-refractivity contribution in [1.82, 2.24) is 9.62 Å². The van der Waals surface area contributed by atoms with Crippen LogP contribution in [0.25, 0.3) is 0 Å². The quantitative estimate of drug-likeness (QED) is 0.807. The van der Waals surface area contributed by atoms with E-state index in [4.69, 9.17) is 0 Å². The predicted molar refractivity (Wildman–Crippen MR) is 69.3 cm³/mol. The Bertz CT molecular complexity index is 340. The van der Waals surface area contributed by atoms with Crippen LogP contribution in [0, 0.1) is 11.8 Å². The Balaban J connectivity index is 2.08. The van der Waals surface area contributed by atoms with Gasteiger partial charge in [-0.2, -0.15) is 0 Å². The molecule has 2 saturated heterocycles. The van der Waals surface area contributed by atoms with Crippen LogP contribution in [0.2, 0.25) is 0 Å². The fourth-order valence-electron chi connectivity index (χ4n) is 3.10. The highest BCUT2D eigenvalue weighted by Gasteiger charge is 2.36. The van der Waals surface area contributed by atoms with Gasteiger partial charge in [0.1, 0.15) is 0 Å². The lowest BCUT2D eigenvalue weighted by molar-refractivity contribution is 0.219. The Kier molecular flexibility index (Phi) is 4.10. The molecule has 2 aliphatic heterocycles. The lowest BCUT2D eigenvalue weighted by Gasteiger charge is -2.37. The minimum atomic E-state index is -3.08. The summed E-state index contributed by atoms with van der Waals surface area (Å²) in [5, 5.41) is 3.00. The van der Waals surface area contributed by atoms with E-state index in [-0.39, 0.29) is 5.25 Å². The minimum Gasteiger partial charge on any atom is -0.315 e. The van der Waals surface area contributed by atoms with Crippen molar-refractivity contribution < 1.29 is 8.42 Å². The number of rotatable bonds is 2. The number of nitrogens with one attached hydrogen (secondary N) is 1. The zero-order valence-corrected chi connectivity index (χ0v) is 11.7. The highest BCUT2D eigenvalue weighted by atomic mass is 32.2. The standard InChI is InChI=1S/C12H24N2O2S/c1-10-6-11(2)9-14(8-10)17(15,16)12-4-3-5-13-7-12/h10-13H,3-9H2,1-2H3. The summed E-state index contributed by atoms with van der Waals surface area (Å²) in [4.78, 5) is 0. The molecule has 1 N–H and O–H groups in total. The lowest BCUT2D eigenvalue weighted by atomic mass is 9.94. The van der Waals surface area contributed by atoms with Crippen LogP contribution in [0.4, 0.5) is 0 Å². The first-order valence-corrected chi connectivity index (χ1v) is 8.20. The summed E-state index contributed by atoms with van der Waals surface area (Å²) >= 11 is 0. The van der Waals surface area contributed by atoms with Crippen LogP contribution in [-0.4, -0.2) is 44.2 Å². The molecule has 100 valence electrons. The molecular weight excluding hydrogens is 236 g/mol. The van der Waals surface area contributed by atoms with Crippen molar-refractivity contribution in [1.29, 1.82) is 0 Å². The molecule has 2 heterocycles. The van der Waals surface area contributed by atoms with Crippen molar-refractivity contribution in [2.24, 2.45) is 11.8 Å². The number of piperidine rings is 2. The van der Waals surface area contributed by atoms with Crippen LogP contribution < -0.4 is 5.32 Å². The summed E-state index contributed by atoms with van der Waals surface area (Å²) < 4.78 is 26.8. The fraction of sp³-hybridized carbons (Fsp3) is 1.00. The molecular formula is C12H24N2O2S. The molecule has 2 rings (SSSR count). The lowest BCUT2D eigenvalue weighted by Crippen LogP contribution is -2.50. The van der Waals surface area contributed by atoms with Gasteiger partial charge >= 0.3 is 0 Å². The summed E-state index contributed by atoms with van der Waals surface area (Å²) in [6.45, 7) is 7.31. The molecule has 0 saturated carbocycles. The van der Waals surface area contributed by atoms with E-state index < -0.39 is 10.0 Å². The molecule has 2 fully saturated rings. The molecule has 0 aromatic rings. The zero-order chi connectivity index (χ0) is 12.5. The minimum absolute atomic E-state index is 0.200. The van der Waals surface area contributed by atoms with Crippen molar-refractivity contribution in [2.45, 2.75) is 38.4 Å². The molecule has 0 aromatic heterocycles. The number of hydrogen-bond donors (Lipinski definition) is 1. The van der Waals surface area contributed by atoms with Crippen molar-refractivity contribution in [3.63, 3.8) is 0 Å². The molecule has 3 unspecified atom stereocenters. The van der Waals surface area contributed by atoms with Crippen LogP contribution >= 0.6 is 0 Å². The third-order valence-electron chi connectivity index (χ3n) is 3.87. The molecule has 5 heteroatoms. The smallest absolute Gasteiger partial charge is 0.218 e. The zero-order valence-electron chi connectivity index (χ0n) is 10.9. The second-order valence-electron chi connectivity index (χ2n) is 5.78. The molecule has 2 aliphatic rings. The summed E-state index contributed by atoms with van der Waals surface area (Å²) in [6.07, 6.45) is 2.94. The van der Waals surface area contributed by atoms with Gasteiger partial charge in [-0.3, -0.25) is 0 Å². The Labute approximate surface area is 105 Å². The third kappa shape index (κ3) is 3.01. The summed E-state index contributed by atoms with van der Waals surface area (Å²) in [7, 11) is -3.08. The highest BCUT2D eigenvalue weighted by molar-refractivity contribution is 7.89. The van der Waals surface area contributed by atoms with Crippen molar-refractivity contribution in [3.8, 4) is 0 Å². The highest BCUT2D eigenvalue weighted by Crippen LogP contribution is 2.26. The molecule has 0 bridgehead atoms. The van der Waals surface area contributed by atoms with Crippen LogP contribution in [0.5, 0.6) is 0 Å². The molecule has 3 atom stereocenters. The van der Waals surface area contributed by atoms with Gasteiger partial charge in [-0.25, -0.2) is 12.7 Å². The van der Waals surface area contributed by atoms with Crippen molar-refractivity contribution in [3.05, 3.63) is 0 Å². The number of sulfonamides is 1. The molecule has 0 spiro atoms. The maximum Gasteiger partial charge on any atom is 0.218 e. The monoisotopic (exact) mass is 260 g/mol. The largest absolute Gasteiger partial charge is 0.315 e. The molecule has 0 aliphatic carbocycles. The number of hydrogen-bond acceptors (Lipinski definition) is 3. The van der Waals surface area contributed by atoms with E-state index in [0.29, 0.717) is 31.5 Å². The van der Waals surface area contributed by atoms with Gasteiger partial charge in [0.15, 0.2) is 0 Å². The third-order valence-corrected chi connectivity index (χ3v) is 6.13. The summed E-state index contributed by atoms with van der Waals surface area (Å²) in [5.74, 6) is 0.982. The van der Waals surface area contributed by atoms with Gasteiger partial charge in [0.25, 0.3) is 0 Å². The first-order valence-electron chi connectivity index (χ1n) is 6.70. The average molecular weight is 260 g/mol. The SMILES string of the molecule is CC1CC(C)CN(S(=O)(=O)C2CCCNC2)C1. The maximum atomic E-state index is 12.5. The molecule has 0 radical (unpaired) electrons. The fourth-order valence-corrected chi connectivity index (χ4v) is 5.24. The van der Waals surface area contributed by atoms with Crippen molar-refractivity contribution >= 4 is 10.0 Å². The van der Waals surface area contributed by atoms with Gasteiger partial charge in [0, 0.05) is 19.6 Å². The summed E-state index contributed by atoms with van der Waals surface area (Å²) in [6, 6.07) is 0. The Morgan fingerprint density at radius 2 is 1.82 bits per heavy atom. The second-order valence-corrected chi connectivity index (χ2v) is 7.99. The van der Waals surface area contributed by atoms with Crippen LogP contribution in [0.15, 0.2) is 0 Å². The van der Waals surface area contributed by atoms with Gasteiger partial charge in [-0.05, 0) is 37.6 Å². The van der Waals surface area contributed by atoms with Gasteiger partial charge < -0.3 is 5.32 Å². The molecule has 0 aromatic carbocycles. The number of nitrogens with zero attached hydrogens (tertiary/aromatic N) is 1. The normalized spacial score (nSPS) is 36.9. The molecule has 17 heavy (non-hydrogen) atoms. The van der Waals surface area contributed by atoms with E-state index in [1.165, 1.54) is 0 Å². The Morgan fingerprint density at radius 1 is 1.18 bits per heavy atom. The van der Waals surface area contributed by atoms with E-state index >= 15 is 0 Å². The average Bonchev–Trinajstić information content (AvgIpc) is 2.29. The van der Waals surface area contributed by atoms with E-state index in [1.54, 1.807) is 4.31 Å². The van der Waals surface area contributed by atoms with Gasteiger partial charge in [0.2, 0.25) is 10.0 Å².